The average Bonchev–Trinajstić information content (AvgIpc) is 3.01. The fourth-order valence-electron chi connectivity index (χ4n) is 2.18. The number of ether oxygens (including phenoxy) is 1. The van der Waals surface area contributed by atoms with Crippen LogP contribution in [0.1, 0.15) is 25.7 Å². The lowest BCUT2D eigenvalue weighted by atomic mass is 10.3. The molecule has 17 heavy (non-hydrogen) atoms. The summed E-state index contributed by atoms with van der Waals surface area (Å²) >= 11 is 0. The first-order valence-electron chi connectivity index (χ1n) is 5.92. The van der Waals surface area contributed by atoms with E-state index >= 15 is 0 Å². The van der Waals surface area contributed by atoms with Crippen molar-refractivity contribution in [2.75, 3.05) is 0 Å². The minimum Gasteiger partial charge on any atom is -0.490 e. The quantitative estimate of drug-likeness (QED) is 0.809. The number of tetrazole rings is 1. The molecule has 0 bridgehead atoms. The monoisotopic (exact) mass is 230 g/mol. The van der Waals surface area contributed by atoms with E-state index in [0.29, 0.717) is 6.10 Å². The Balaban J connectivity index is 1.79. The summed E-state index contributed by atoms with van der Waals surface area (Å²) in [6, 6.07) is 7.86. The highest BCUT2D eigenvalue weighted by Crippen LogP contribution is 2.25. The molecule has 1 saturated carbocycles. The third-order valence-corrected chi connectivity index (χ3v) is 3.04. The smallest absolute Gasteiger partial charge is 0.143 e. The van der Waals surface area contributed by atoms with Gasteiger partial charge in [0.25, 0.3) is 0 Å². The van der Waals surface area contributed by atoms with Crippen LogP contribution in [0.25, 0.3) is 5.69 Å². The van der Waals surface area contributed by atoms with Crippen LogP contribution in [0.4, 0.5) is 0 Å². The Morgan fingerprint density at radius 3 is 2.88 bits per heavy atom. The van der Waals surface area contributed by atoms with Gasteiger partial charge in [-0.15, -0.1) is 5.10 Å². The maximum Gasteiger partial charge on any atom is 0.143 e. The zero-order chi connectivity index (χ0) is 11.5. The summed E-state index contributed by atoms with van der Waals surface area (Å²) in [7, 11) is 0. The molecule has 1 fully saturated rings. The van der Waals surface area contributed by atoms with Gasteiger partial charge in [0.2, 0.25) is 0 Å². The van der Waals surface area contributed by atoms with Crippen LogP contribution >= 0.6 is 0 Å². The molecule has 0 N–H and O–H groups in total. The van der Waals surface area contributed by atoms with Gasteiger partial charge in [-0.2, -0.15) is 0 Å². The van der Waals surface area contributed by atoms with Crippen LogP contribution in [-0.2, 0) is 0 Å². The van der Waals surface area contributed by atoms with Crippen molar-refractivity contribution in [1.82, 2.24) is 20.2 Å². The molecule has 5 nitrogen and oxygen atoms in total. The van der Waals surface area contributed by atoms with Crippen LogP contribution in [0, 0.1) is 0 Å². The highest BCUT2D eigenvalue weighted by molar-refractivity contribution is 5.38. The van der Waals surface area contributed by atoms with Crippen LogP contribution in [0.3, 0.4) is 0 Å². The second-order valence-corrected chi connectivity index (χ2v) is 4.28. The summed E-state index contributed by atoms with van der Waals surface area (Å²) in [4.78, 5) is 0. The molecule has 0 amide bonds. The molecule has 1 aliphatic carbocycles. The van der Waals surface area contributed by atoms with Crippen LogP contribution in [0.5, 0.6) is 5.75 Å². The molecule has 0 saturated heterocycles. The predicted molar refractivity (Wildman–Crippen MR) is 62.0 cm³/mol. The molecule has 5 heteroatoms. The zero-order valence-electron chi connectivity index (χ0n) is 9.49. The van der Waals surface area contributed by atoms with Gasteiger partial charge in [-0.1, -0.05) is 6.07 Å². The fourth-order valence-corrected chi connectivity index (χ4v) is 2.18. The number of hydrogen-bond acceptors (Lipinski definition) is 4. The standard InChI is InChI=1S/C12H14N4O/c1-2-6-11(5-1)17-12-7-3-4-10(8-12)16-9-13-14-15-16/h3-4,7-9,11H,1-2,5-6H2. The van der Waals surface area contributed by atoms with Crippen LogP contribution < -0.4 is 4.74 Å². The van der Waals surface area contributed by atoms with E-state index in [1.165, 1.54) is 12.8 Å². The molecule has 0 aliphatic heterocycles. The van der Waals surface area contributed by atoms with Gasteiger partial charge in [-0.05, 0) is 48.2 Å². The van der Waals surface area contributed by atoms with Crippen molar-refractivity contribution in [3.05, 3.63) is 30.6 Å². The first-order valence-corrected chi connectivity index (χ1v) is 5.92. The first kappa shape index (κ1) is 10.3. The highest BCUT2D eigenvalue weighted by atomic mass is 16.5. The number of nitrogens with zero attached hydrogens (tertiary/aromatic N) is 4. The molecule has 3 rings (SSSR count). The zero-order valence-corrected chi connectivity index (χ0v) is 9.49. The fraction of sp³-hybridized carbons (Fsp3) is 0.417. The van der Waals surface area contributed by atoms with E-state index in [2.05, 4.69) is 15.5 Å². The maximum absolute atomic E-state index is 5.93. The average molecular weight is 230 g/mol. The SMILES string of the molecule is c1cc(OC2CCCC2)cc(-n2cnnn2)c1. The molecule has 1 heterocycles. The number of benzene rings is 1. The van der Waals surface area contributed by atoms with Gasteiger partial charge in [0.1, 0.15) is 12.1 Å². The number of hydrogen-bond donors (Lipinski definition) is 0. The summed E-state index contributed by atoms with van der Waals surface area (Å²) < 4.78 is 7.56. The third-order valence-electron chi connectivity index (χ3n) is 3.04. The number of rotatable bonds is 3. The Hall–Kier alpha value is -1.91. The van der Waals surface area contributed by atoms with Gasteiger partial charge in [-0.3, -0.25) is 0 Å². The van der Waals surface area contributed by atoms with Crippen LogP contribution in [0.15, 0.2) is 30.6 Å². The molecule has 0 radical (unpaired) electrons. The van der Waals surface area contributed by atoms with E-state index in [1.54, 1.807) is 11.0 Å². The molecule has 1 aliphatic rings. The van der Waals surface area contributed by atoms with E-state index in [4.69, 9.17) is 4.74 Å². The van der Waals surface area contributed by atoms with E-state index in [1.807, 2.05) is 24.3 Å². The third kappa shape index (κ3) is 2.27. The van der Waals surface area contributed by atoms with Gasteiger partial charge in [0, 0.05) is 6.07 Å². The van der Waals surface area contributed by atoms with Gasteiger partial charge in [0.15, 0.2) is 0 Å². The molecule has 0 spiro atoms. The van der Waals surface area contributed by atoms with E-state index < -0.39 is 0 Å². The summed E-state index contributed by atoms with van der Waals surface area (Å²) in [5.74, 6) is 0.893. The minimum absolute atomic E-state index is 0.374. The Labute approximate surface area is 99.4 Å². The molecule has 0 unspecified atom stereocenters. The van der Waals surface area contributed by atoms with Crippen molar-refractivity contribution < 1.29 is 4.74 Å². The van der Waals surface area contributed by atoms with Crippen molar-refractivity contribution in [3.8, 4) is 11.4 Å². The second-order valence-electron chi connectivity index (χ2n) is 4.28. The van der Waals surface area contributed by atoms with Crippen molar-refractivity contribution in [3.63, 3.8) is 0 Å². The molecule has 0 atom stereocenters. The molecule has 1 aromatic heterocycles. The Kier molecular flexibility index (Phi) is 2.73. The Morgan fingerprint density at radius 2 is 2.12 bits per heavy atom. The number of aromatic nitrogens is 4. The van der Waals surface area contributed by atoms with Gasteiger partial charge in [0.05, 0.1) is 11.8 Å². The molecular weight excluding hydrogens is 216 g/mol. The summed E-state index contributed by atoms with van der Waals surface area (Å²) in [5, 5.41) is 11.1. The minimum atomic E-state index is 0.374. The lowest BCUT2D eigenvalue weighted by molar-refractivity contribution is 0.210. The lowest BCUT2D eigenvalue weighted by Gasteiger charge is -2.13. The summed E-state index contributed by atoms with van der Waals surface area (Å²) in [5.41, 5.74) is 0.922. The highest BCUT2D eigenvalue weighted by Gasteiger charge is 2.16. The largest absolute Gasteiger partial charge is 0.490 e. The van der Waals surface area contributed by atoms with Crippen molar-refractivity contribution >= 4 is 0 Å². The first-order chi connectivity index (χ1) is 8.42. The molecule has 88 valence electrons. The summed E-state index contributed by atoms with van der Waals surface area (Å²) in [6.45, 7) is 0. The Bertz CT molecular complexity index is 477. The van der Waals surface area contributed by atoms with Crippen molar-refractivity contribution in [1.29, 1.82) is 0 Å². The van der Waals surface area contributed by atoms with Crippen LogP contribution in [-0.4, -0.2) is 26.3 Å². The normalized spacial score (nSPS) is 16.2. The van der Waals surface area contributed by atoms with Crippen LogP contribution in [0.2, 0.25) is 0 Å². The molecular formula is C12H14N4O. The molecule has 2 aromatic rings. The Morgan fingerprint density at radius 1 is 1.24 bits per heavy atom. The van der Waals surface area contributed by atoms with Crippen molar-refractivity contribution in [2.24, 2.45) is 0 Å². The van der Waals surface area contributed by atoms with Gasteiger partial charge >= 0.3 is 0 Å². The lowest BCUT2D eigenvalue weighted by Crippen LogP contribution is -2.11. The summed E-state index contributed by atoms with van der Waals surface area (Å²) in [6.07, 6.45) is 6.83. The topological polar surface area (TPSA) is 52.8 Å². The second kappa shape index (κ2) is 4.53. The van der Waals surface area contributed by atoms with E-state index in [0.717, 1.165) is 24.3 Å². The van der Waals surface area contributed by atoms with E-state index in [-0.39, 0.29) is 0 Å². The maximum atomic E-state index is 5.93. The van der Waals surface area contributed by atoms with Crippen molar-refractivity contribution in [2.45, 2.75) is 31.8 Å². The van der Waals surface area contributed by atoms with Gasteiger partial charge in [-0.25, -0.2) is 4.68 Å². The van der Waals surface area contributed by atoms with E-state index in [9.17, 15) is 0 Å². The van der Waals surface area contributed by atoms with Gasteiger partial charge < -0.3 is 4.74 Å². The molecule has 1 aromatic carbocycles. The predicted octanol–water partition coefficient (Wildman–Crippen LogP) is 1.98.